The van der Waals surface area contributed by atoms with E-state index >= 15 is 0 Å². The van der Waals surface area contributed by atoms with E-state index in [1.54, 1.807) is 0 Å². The third-order valence-corrected chi connectivity index (χ3v) is 3.03. The first-order chi connectivity index (χ1) is 8.13. The number of carbonyl (C=O) groups excluding carboxylic acids is 2. The van der Waals surface area contributed by atoms with Gasteiger partial charge in [0.05, 0.1) is 12.5 Å². The Kier molecular flexibility index (Phi) is 5.97. The first-order valence-electron chi connectivity index (χ1n) is 6.41. The predicted octanol–water partition coefficient (Wildman–Crippen LogP) is 0.0169. The van der Waals surface area contributed by atoms with E-state index in [-0.39, 0.29) is 24.3 Å². The minimum atomic E-state index is -0.114. The van der Waals surface area contributed by atoms with E-state index in [4.69, 9.17) is 0 Å². The van der Waals surface area contributed by atoms with Gasteiger partial charge in [0.25, 0.3) is 0 Å². The Hall–Kier alpha value is -1.10. The number of hydrogen-bond acceptors (Lipinski definition) is 3. The Morgan fingerprint density at radius 1 is 1.29 bits per heavy atom. The molecule has 0 saturated carbocycles. The topological polar surface area (TPSA) is 70.2 Å². The maximum Gasteiger partial charge on any atom is 0.239 e. The predicted molar refractivity (Wildman–Crippen MR) is 66.5 cm³/mol. The van der Waals surface area contributed by atoms with E-state index in [0.717, 1.165) is 19.3 Å². The lowest BCUT2D eigenvalue weighted by Crippen LogP contribution is -2.46. The molecule has 0 aliphatic carbocycles. The zero-order chi connectivity index (χ0) is 12.7. The SMILES string of the molecule is CCCNC(=O)CNC(=O)C1CCC(C)NC1. The summed E-state index contributed by atoms with van der Waals surface area (Å²) in [6, 6.07) is 0.493. The van der Waals surface area contributed by atoms with Crippen LogP contribution in [0.1, 0.15) is 33.1 Å². The van der Waals surface area contributed by atoms with Crippen LogP contribution < -0.4 is 16.0 Å². The van der Waals surface area contributed by atoms with Gasteiger partial charge in [0, 0.05) is 19.1 Å². The van der Waals surface area contributed by atoms with E-state index in [1.807, 2.05) is 6.92 Å². The molecular formula is C12H23N3O2. The van der Waals surface area contributed by atoms with E-state index in [2.05, 4.69) is 22.9 Å². The third-order valence-electron chi connectivity index (χ3n) is 3.03. The van der Waals surface area contributed by atoms with E-state index in [0.29, 0.717) is 19.1 Å². The van der Waals surface area contributed by atoms with Crippen molar-refractivity contribution in [3.05, 3.63) is 0 Å². The molecule has 0 spiro atoms. The van der Waals surface area contributed by atoms with Gasteiger partial charge in [0.1, 0.15) is 0 Å². The fourth-order valence-electron chi connectivity index (χ4n) is 1.86. The third kappa shape index (κ3) is 5.17. The zero-order valence-corrected chi connectivity index (χ0v) is 10.7. The van der Waals surface area contributed by atoms with Gasteiger partial charge in [0.2, 0.25) is 11.8 Å². The number of carbonyl (C=O) groups is 2. The molecule has 0 aromatic heterocycles. The molecule has 1 aliphatic rings. The Balaban J connectivity index is 2.18. The molecule has 0 bridgehead atoms. The molecule has 2 unspecified atom stereocenters. The maximum atomic E-state index is 11.8. The highest BCUT2D eigenvalue weighted by Gasteiger charge is 2.23. The lowest BCUT2D eigenvalue weighted by atomic mass is 9.95. The van der Waals surface area contributed by atoms with Crippen molar-refractivity contribution in [1.82, 2.24) is 16.0 Å². The van der Waals surface area contributed by atoms with Gasteiger partial charge in [-0.25, -0.2) is 0 Å². The van der Waals surface area contributed by atoms with Crippen LogP contribution >= 0.6 is 0 Å². The molecule has 1 aliphatic heterocycles. The van der Waals surface area contributed by atoms with Crippen molar-refractivity contribution in [1.29, 1.82) is 0 Å². The van der Waals surface area contributed by atoms with Gasteiger partial charge in [0.15, 0.2) is 0 Å². The summed E-state index contributed by atoms with van der Waals surface area (Å²) in [4.78, 5) is 23.1. The smallest absolute Gasteiger partial charge is 0.239 e. The summed E-state index contributed by atoms with van der Waals surface area (Å²) in [5.41, 5.74) is 0. The molecule has 1 fully saturated rings. The van der Waals surface area contributed by atoms with Crippen molar-refractivity contribution >= 4 is 11.8 Å². The van der Waals surface area contributed by atoms with Crippen molar-refractivity contribution in [3.8, 4) is 0 Å². The fraction of sp³-hybridized carbons (Fsp3) is 0.833. The molecule has 5 nitrogen and oxygen atoms in total. The molecule has 98 valence electrons. The number of amides is 2. The molecule has 1 rings (SSSR count). The second-order valence-electron chi connectivity index (χ2n) is 4.65. The molecule has 0 radical (unpaired) electrons. The Bertz CT molecular complexity index is 260. The van der Waals surface area contributed by atoms with Crippen LogP contribution in [0.5, 0.6) is 0 Å². The number of hydrogen-bond donors (Lipinski definition) is 3. The van der Waals surface area contributed by atoms with Crippen LogP contribution in [-0.4, -0.2) is 37.5 Å². The van der Waals surface area contributed by atoms with Crippen LogP contribution in [0.2, 0.25) is 0 Å². The highest BCUT2D eigenvalue weighted by Crippen LogP contribution is 2.13. The molecule has 1 heterocycles. The monoisotopic (exact) mass is 241 g/mol. The Morgan fingerprint density at radius 3 is 2.65 bits per heavy atom. The van der Waals surface area contributed by atoms with Crippen LogP contribution in [0.4, 0.5) is 0 Å². The summed E-state index contributed by atoms with van der Waals surface area (Å²) in [5, 5.41) is 8.69. The van der Waals surface area contributed by atoms with Crippen molar-refractivity contribution in [2.75, 3.05) is 19.6 Å². The van der Waals surface area contributed by atoms with Crippen LogP contribution in [0, 0.1) is 5.92 Å². The first kappa shape index (κ1) is 14.0. The molecular weight excluding hydrogens is 218 g/mol. The summed E-state index contributed by atoms with van der Waals surface area (Å²) in [6.07, 6.45) is 2.82. The molecule has 3 N–H and O–H groups in total. The van der Waals surface area contributed by atoms with Crippen molar-refractivity contribution in [2.45, 2.75) is 39.2 Å². The molecule has 5 heteroatoms. The average molecular weight is 241 g/mol. The zero-order valence-electron chi connectivity index (χ0n) is 10.7. The van der Waals surface area contributed by atoms with Crippen molar-refractivity contribution < 1.29 is 9.59 Å². The van der Waals surface area contributed by atoms with Crippen molar-refractivity contribution in [3.63, 3.8) is 0 Å². The van der Waals surface area contributed by atoms with Gasteiger partial charge < -0.3 is 16.0 Å². The Labute approximate surface area is 103 Å². The maximum absolute atomic E-state index is 11.8. The first-order valence-corrected chi connectivity index (χ1v) is 6.41. The molecule has 2 amide bonds. The van der Waals surface area contributed by atoms with E-state index in [9.17, 15) is 9.59 Å². The largest absolute Gasteiger partial charge is 0.355 e. The number of piperidine rings is 1. The highest BCUT2D eigenvalue weighted by molar-refractivity contribution is 5.85. The van der Waals surface area contributed by atoms with Gasteiger partial charge >= 0.3 is 0 Å². The minimum Gasteiger partial charge on any atom is -0.355 e. The van der Waals surface area contributed by atoms with Gasteiger partial charge in [-0.2, -0.15) is 0 Å². The van der Waals surface area contributed by atoms with Crippen LogP contribution in [0.3, 0.4) is 0 Å². The molecule has 1 saturated heterocycles. The quantitative estimate of drug-likeness (QED) is 0.635. The molecule has 2 atom stereocenters. The summed E-state index contributed by atoms with van der Waals surface area (Å²) in [7, 11) is 0. The highest BCUT2D eigenvalue weighted by atomic mass is 16.2. The van der Waals surface area contributed by atoms with E-state index in [1.165, 1.54) is 0 Å². The van der Waals surface area contributed by atoms with Crippen molar-refractivity contribution in [2.24, 2.45) is 5.92 Å². The standard InChI is InChI=1S/C12H23N3O2/c1-3-6-13-11(16)8-15-12(17)10-5-4-9(2)14-7-10/h9-10,14H,3-8H2,1-2H3,(H,13,16)(H,15,17). The number of nitrogens with one attached hydrogen (secondary N) is 3. The molecule has 17 heavy (non-hydrogen) atoms. The second kappa shape index (κ2) is 7.27. The Morgan fingerprint density at radius 2 is 2.06 bits per heavy atom. The lowest BCUT2D eigenvalue weighted by Gasteiger charge is -2.26. The number of rotatable bonds is 5. The summed E-state index contributed by atoms with van der Waals surface area (Å²) >= 11 is 0. The average Bonchev–Trinajstić information content (AvgIpc) is 2.34. The van der Waals surface area contributed by atoms with Crippen LogP contribution in [-0.2, 0) is 9.59 Å². The fourth-order valence-corrected chi connectivity index (χ4v) is 1.86. The molecule has 0 aromatic rings. The van der Waals surface area contributed by atoms with Crippen LogP contribution in [0.25, 0.3) is 0 Å². The van der Waals surface area contributed by atoms with Gasteiger partial charge in [-0.1, -0.05) is 6.92 Å². The summed E-state index contributed by atoms with van der Waals surface area (Å²) < 4.78 is 0. The van der Waals surface area contributed by atoms with Crippen LogP contribution in [0.15, 0.2) is 0 Å². The normalized spacial score (nSPS) is 24.1. The van der Waals surface area contributed by atoms with Gasteiger partial charge in [-0.3, -0.25) is 9.59 Å². The van der Waals surface area contributed by atoms with Gasteiger partial charge in [-0.05, 0) is 26.2 Å². The van der Waals surface area contributed by atoms with Gasteiger partial charge in [-0.15, -0.1) is 0 Å². The summed E-state index contributed by atoms with van der Waals surface area (Å²) in [6.45, 7) is 5.58. The minimum absolute atomic E-state index is 0.00479. The molecule has 0 aromatic carbocycles. The lowest BCUT2D eigenvalue weighted by molar-refractivity contribution is -0.129. The second-order valence-corrected chi connectivity index (χ2v) is 4.65. The summed E-state index contributed by atoms with van der Waals surface area (Å²) in [5.74, 6) is -0.126. The van der Waals surface area contributed by atoms with E-state index < -0.39 is 0 Å².